The minimum atomic E-state index is -0.296. The Morgan fingerprint density at radius 3 is 2.23 bits per heavy atom. The van der Waals surface area contributed by atoms with E-state index in [0.29, 0.717) is 19.6 Å². The van der Waals surface area contributed by atoms with Crippen molar-refractivity contribution in [3.05, 3.63) is 17.7 Å². The van der Waals surface area contributed by atoms with E-state index in [1.54, 1.807) is 0 Å². The van der Waals surface area contributed by atoms with Crippen LogP contribution in [0.3, 0.4) is 0 Å². The monoisotopic (exact) mass is 365 g/mol. The minimum Gasteiger partial charge on any atom is -0.370 e. The van der Waals surface area contributed by atoms with Gasteiger partial charge >= 0.3 is 0 Å². The van der Waals surface area contributed by atoms with Crippen LogP contribution in [0.4, 0.5) is 0 Å². The predicted molar refractivity (Wildman–Crippen MR) is 101 cm³/mol. The molecule has 1 aromatic heterocycles. The first-order chi connectivity index (χ1) is 12.5. The van der Waals surface area contributed by atoms with E-state index in [0.717, 1.165) is 25.7 Å². The zero-order valence-corrected chi connectivity index (χ0v) is 15.5. The molecule has 0 aliphatic carbocycles. The summed E-state index contributed by atoms with van der Waals surface area (Å²) in [5.74, 6) is -0.502. The highest BCUT2D eigenvalue weighted by Crippen LogP contribution is 2.02. The van der Waals surface area contributed by atoms with Crippen LogP contribution < -0.4 is 21.7 Å². The maximum Gasteiger partial charge on any atom is 0.287 e. The topological polar surface area (TPSA) is 149 Å². The van der Waals surface area contributed by atoms with E-state index < -0.39 is 0 Å². The van der Waals surface area contributed by atoms with E-state index in [-0.39, 0.29) is 29.3 Å². The lowest BCUT2D eigenvalue weighted by Gasteiger charge is -2.05. The number of rotatable bonds is 13. The van der Waals surface area contributed by atoms with Gasteiger partial charge in [0.05, 0.1) is 6.20 Å². The van der Waals surface area contributed by atoms with Gasteiger partial charge in [0.25, 0.3) is 11.8 Å². The Morgan fingerprint density at radius 1 is 1.00 bits per heavy atom. The van der Waals surface area contributed by atoms with E-state index in [9.17, 15) is 9.59 Å². The number of nitrogens with zero attached hydrogens (tertiary/aromatic N) is 1. The zero-order chi connectivity index (χ0) is 19.2. The highest BCUT2D eigenvalue weighted by Gasteiger charge is 2.13. The third kappa shape index (κ3) is 9.05. The molecule has 0 bridgehead atoms. The Hall–Kier alpha value is -2.58. The number of hydrogen-bond acceptors (Lipinski definition) is 4. The van der Waals surface area contributed by atoms with Crippen molar-refractivity contribution in [1.82, 2.24) is 25.9 Å². The maximum absolute atomic E-state index is 12.0. The third-order valence-electron chi connectivity index (χ3n) is 3.81. The quantitative estimate of drug-likeness (QED) is 0.176. The molecule has 0 radical (unpaired) electrons. The maximum atomic E-state index is 12.0. The number of unbranched alkanes of at least 4 members (excludes halogenated alkanes) is 5. The molecule has 26 heavy (non-hydrogen) atoms. The second kappa shape index (κ2) is 12.7. The fourth-order valence-electron chi connectivity index (χ4n) is 2.34. The van der Waals surface area contributed by atoms with Crippen LogP contribution in [0.25, 0.3) is 0 Å². The summed E-state index contributed by atoms with van der Waals surface area (Å²) in [5, 5.41) is 15.3. The number of guanidine groups is 1. The fourth-order valence-corrected chi connectivity index (χ4v) is 2.34. The summed E-state index contributed by atoms with van der Waals surface area (Å²) in [6, 6.07) is 0. The van der Waals surface area contributed by atoms with Crippen LogP contribution in [0.2, 0.25) is 0 Å². The molecule has 0 unspecified atom stereocenters. The molecule has 0 spiro atoms. The van der Waals surface area contributed by atoms with Gasteiger partial charge in [-0.15, -0.1) is 0 Å². The Balaban J connectivity index is 2.22. The molecule has 9 nitrogen and oxygen atoms in total. The van der Waals surface area contributed by atoms with Gasteiger partial charge in [-0.25, -0.2) is 4.98 Å². The summed E-state index contributed by atoms with van der Waals surface area (Å²) >= 11 is 0. The summed E-state index contributed by atoms with van der Waals surface area (Å²) in [6.45, 7) is 3.87. The lowest BCUT2D eigenvalue weighted by atomic mass is 10.1. The molecule has 9 heteroatoms. The van der Waals surface area contributed by atoms with Crippen LogP contribution in [0.5, 0.6) is 0 Å². The van der Waals surface area contributed by atoms with Gasteiger partial charge in [-0.05, 0) is 19.3 Å². The molecule has 0 saturated carbocycles. The van der Waals surface area contributed by atoms with Gasteiger partial charge in [0.1, 0.15) is 5.69 Å². The molecule has 0 saturated heterocycles. The number of aromatic amines is 1. The largest absolute Gasteiger partial charge is 0.370 e. The molecule has 0 aliphatic heterocycles. The van der Waals surface area contributed by atoms with E-state index in [1.165, 1.54) is 25.5 Å². The van der Waals surface area contributed by atoms with E-state index in [1.807, 2.05) is 0 Å². The molecule has 146 valence electrons. The second-order valence-corrected chi connectivity index (χ2v) is 6.12. The molecule has 0 atom stereocenters. The molecular formula is C17H31N7O2. The predicted octanol–water partition coefficient (Wildman–Crippen LogP) is 1.10. The number of imidazole rings is 1. The van der Waals surface area contributed by atoms with Crippen LogP contribution in [0, 0.1) is 5.41 Å². The Bertz CT molecular complexity index is 571. The zero-order valence-electron chi connectivity index (χ0n) is 15.5. The Kier molecular flexibility index (Phi) is 10.5. The summed E-state index contributed by atoms with van der Waals surface area (Å²) in [6.07, 6.45) is 8.54. The van der Waals surface area contributed by atoms with Gasteiger partial charge < -0.3 is 26.7 Å². The molecule has 2 amide bonds. The molecule has 1 heterocycles. The number of hydrogen-bond donors (Lipinski definition) is 6. The van der Waals surface area contributed by atoms with Crippen molar-refractivity contribution in [3.63, 3.8) is 0 Å². The van der Waals surface area contributed by atoms with Crippen LogP contribution in [-0.4, -0.2) is 47.4 Å². The number of amides is 2. The normalized spacial score (nSPS) is 10.3. The van der Waals surface area contributed by atoms with Crippen molar-refractivity contribution < 1.29 is 9.59 Å². The number of carbonyl (C=O) groups excluding carboxylic acids is 2. The Labute approximate surface area is 154 Å². The summed E-state index contributed by atoms with van der Waals surface area (Å²) < 4.78 is 0. The number of H-pyrrole nitrogens is 1. The first kappa shape index (κ1) is 21.5. The molecule has 1 rings (SSSR count). The number of nitrogens with two attached hydrogens (primary N) is 1. The van der Waals surface area contributed by atoms with E-state index in [2.05, 4.69) is 32.8 Å². The lowest BCUT2D eigenvalue weighted by Crippen LogP contribution is -2.31. The summed E-state index contributed by atoms with van der Waals surface area (Å²) in [5.41, 5.74) is 5.44. The van der Waals surface area contributed by atoms with Gasteiger partial charge in [-0.1, -0.05) is 32.6 Å². The second-order valence-electron chi connectivity index (χ2n) is 6.12. The van der Waals surface area contributed by atoms with E-state index >= 15 is 0 Å². The highest BCUT2D eigenvalue weighted by atomic mass is 16.2. The highest BCUT2D eigenvalue weighted by molar-refractivity contribution is 5.95. The number of nitrogens with one attached hydrogen (secondary N) is 5. The van der Waals surface area contributed by atoms with Gasteiger partial charge in [0, 0.05) is 19.6 Å². The van der Waals surface area contributed by atoms with Crippen molar-refractivity contribution in [2.24, 2.45) is 5.73 Å². The fraction of sp³-hybridized carbons (Fsp3) is 0.647. The lowest BCUT2D eigenvalue weighted by molar-refractivity contribution is 0.0943. The smallest absolute Gasteiger partial charge is 0.287 e. The molecule has 7 N–H and O–H groups in total. The summed E-state index contributed by atoms with van der Waals surface area (Å²) in [4.78, 5) is 30.7. The molecule has 1 aromatic rings. The molecule has 0 aromatic carbocycles. The van der Waals surface area contributed by atoms with Crippen LogP contribution in [-0.2, 0) is 0 Å². The van der Waals surface area contributed by atoms with Crippen LogP contribution >= 0.6 is 0 Å². The molecule has 0 fully saturated rings. The molecule has 0 aliphatic rings. The first-order valence-electron chi connectivity index (χ1n) is 9.24. The van der Waals surface area contributed by atoms with Crippen molar-refractivity contribution in [1.29, 1.82) is 5.41 Å². The third-order valence-corrected chi connectivity index (χ3v) is 3.81. The Morgan fingerprint density at radius 2 is 1.58 bits per heavy atom. The number of carbonyl (C=O) groups is 2. The summed E-state index contributed by atoms with van der Waals surface area (Å²) in [7, 11) is 0. The van der Waals surface area contributed by atoms with Gasteiger partial charge in [0.2, 0.25) is 0 Å². The van der Waals surface area contributed by atoms with Crippen LogP contribution in [0.1, 0.15) is 73.0 Å². The molecular weight excluding hydrogens is 334 g/mol. The first-order valence-corrected chi connectivity index (χ1v) is 9.24. The SMILES string of the molecule is CCCCCCCNC(=O)c1ncc(C(=O)NCCCCNC(=N)N)[nH]1. The van der Waals surface area contributed by atoms with Crippen molar-refractivity contribution in [2.75, 3.05) is 19.6 Å². The van der Waals surface area contributed by atoms with Crippen molar-refractivity contribution in [3.8, 4) is 0 Å². The van der Waals surface area contributed by atoms with Gasteiger partial charge in [-0.3, -0.25) is 15.0 Å². The average Bonchev–Trinajstić information content (AvgIpc) is 3.10. The van der Waals surface area contributed by atoms with E-state index in [4.69, 9.17) is 11.1 Å². The van der Waals surface area contributed by atoms with Crippen LogP contribution in [0.15, 0.2) is 6.20 Å². The standard InChI is InChI=1S/C17H31N7O2/c1-2-3-4-5-6-9-21-16(26)14-23-12-13(24-14)15(25)20-10-7-8-11-22-17(18)19/h12H,2-11H2,1H3,(H,20,25)(H,21,26)(H,23,24)(H4,18,19,22). The average molecular weight is 365 g/mol. The van der Waals surface area contributed by atoms with Crippen molar-refractivity contribution in [2.45, 2.75) is 51.9 Å². The van der Waals surface area contributed by atoms with Crippen molar-refractivity contribution >= 4 is 17.8 Å². The number of aromatic nitrogens is 2. The van der Waals surface area contributed by atoms with Gasteiger partial charge in [-0.2, -0.15) is 0 Å². The van der Waals surface area contributed by atoms with Gasteiger partial charge in [0.15, 0.2) is 11.8 Å². The minimum absolute atomic E-state index is 0.0572.